The van der Waals surface area contributed by atoms with E-state index in [0.717, 1.165) is 31.1 Å². The molecule has 0 aromatic carbocycles. The number of likely N-dealkylation sites (N-methyl/N-ethyl adjacent to an activating group) is 1. The standard InChI is InChI=1S/C14H24N2O.C3H6/c1-6-14(17-5)8-7-12(2)16-10-9-15(4)11-13(16)3;1-3-2/h6-8,13H,2,9-11H2,1,3-5H3;3H,1H2,2H3/b8-7-,14-6+;. The van der Waals surface area contributed by atoms with Gasteiger partial charge in [0.25, 0.3) is 0 Å². The molecule has 0 aliphatic carbocycles. The molecule has 0 bridgehead atoms. The van der Waals surface area contributed by atoms with Gasteiger partial charge in [-0.15, -0.1) is 6.58 Å². The molecule has 114 valence electrons. The van der Waals surface area contributed by atoms with Crippen LogP contribution in [-0.4, -0.2) is 49.6 Å². The van der Waals surface area contributed by atoms with E-state index in [1.54, 1.807) is 13.2 Å². The molecule has 20 heavy (non-hydrogen) atoms. The van der Waals surface area contributed by atoms with Crippen LogP contribution >= 0.6 is 0 Å². The molecule has 0 aromatic rings. The van der Waals surface area contributed by atoms with Crippen LogP contribution in [0.1, 0.15) is 20.8 Å². The van der Waals surface area contributed by atoms with Crippen molar-refractivity contribution in [2.75, 3.05) is 33.8 Å². The predicted octanol–water partition coefficient (Wildman–Crippen LogP) is 3.43. The van der Waals surface area contributed by atoms with E-state index >= 15 is 0 Å². The highest BCUT2D eigenvalue weighted by Crippen LogP contribution is 2.15. The summed E-state index contributed by atoms with van der Waals surface area (Å²) in [7, 11) is 3.84. The lowest BCUT2D eigenvalue weighted by Gasteiger charge is -2.40. The van der Waals surface area contributed by atoms with E-state index in [1.807, 2.05) is 32.1 Å². The molecule has 0 N–H and O–H groups in total. The molecular formula is C17H30N2O. The molecule has 3 nitrogen and oxygen atoms in total. The Morgan fingerprint density at radius 3 is 2.30 bits per heavy atom. The molecule has 1 atom stereocenters. The second-order valence-corrected chi connectivity index (χ2v) is 4.93. The van der Waals surface area contributed by atoms with Crippen LogP contribution in [0.2, 0.25) is 0 Å². The summed E-state index contributed by atoms with van der Waals surface area (Å²) >= 11 is 0. The van der Waals surface area contributed by atoms with Gasteiger partial charge in [-0.25, -0.2) is 0 Å². The van der Waals surface area contributed by atoms with E-state index in [0.29, 0.717) is 6.04 Å². The van der Waals surface area contributed by atoms with Gasteiger partial charge in [0, 0.05) is 31.4 Å². The van der Waals surface area contributed by atoms with Crippen LogP contribution in [-0.2, 0) is 4.74 Å². The Balaban J connectivity index is 0.00000110. The van der Waals surface area contributed by atoms with Crippen molar-refractivity contribution >= 4 is 0 Å². The van der Waals surface area contributed by atoms with Crippen molar-refractivity contribution in [3.8, 4) is 0 Å². The largest absolute Gasteiger partial charge is 0.497 e. The van der Waals surface area contributed by atoms with Gasteiger partial charge in [-0.3, -0.25) is 0 Å². The minimum Gasteiger partial charge on any atom is -0.497 e. The summed E-state index contributed by atoms with van der Waals surface area (Å²) in [5, 5.41) is 0. The zero-order valence-electron chi connectivity index (χ0n) is 13.7. The van der Waals surface area contributed by atoms with Gasteiger partial charge < -0.3 is 14.5 Å². The summed E-state index contributed by atoms with van der Waals surface area (Å²) in [5.41, 5.74) is 1.06. The zero-order chi connectivity index (χ0) is 15.5. The first-order chi connectivity index (χ1) is 9.49. The van der Waals surface area contributed by atoms with Crippen molar-refractivity contribution in [3.05, 3.63) is 48.9 Å². The molecule has 0 saturated carbocycles. The number of allylic oxidation sites excluding steroid dienone is 4. The van der Waals surface area contributed by atoms with Crippen molar-refractivity contribution in [1.82, 2.24) is 9.80 Å². The minimum atomic E-state index is 0.516. The Morgan fingerprint density at radius 2 is 1.85 bits per heavy atom. The maximum Gasteiger partial charge on any atom is 0.114 e. The van der Waals surface area contributed by atoms with Gasteiger partial charge in [0.05, 0.1) is 7.11 Å². The molecule has 1 aliphatic rings. The fourth-order valence-electron chi connectivity index (χ4n) is 2.12. The highest BCUT2D eigenvalue weighted by atomic mass is 16.5. The summed E-state index contributed by atoms with van der Waals surface area (Å²) in [6.45, 7) is 16.8. The number of methoxy groups -OCH3 is 1. The summed E-state index contributed by atoms with van der Waals surface area (Å²) in [6.07, 6.45) is 7.69. The Kier molecular flexibility index (Phi) is 9.56. The smallest absolute Gasteiger partial charge is 0.114 e. The maximum atomic E-state index is 5.19. The predicted molar refractivity (Wildman–Crippen MR) is 88.6 cm³/mol. The van der Waals surface area contributed by atoms with E-state index in [9.17, 15) is 0 Å². The van der Waals surface area contributed by atoms with Crippen LogP contribution in [0.25, 0.3) is 0 Å². The van der Waals surface area contributed by atoms with Crippen LogP contribution in [0.3, 0.4) is 0 Å². The first-order valence-corrected chi connectivity index (χ1v) is 7.09. The summed E-state index contributed by atoms with van der Waals surface area (Å²) < 4.78 is 5.19. The van der Waals surface area contributed by atoms with Crippen LogP contribution in [0, 0.1) is 0 Å². The van der Waals surface area contributed by atoms with Crippen LogP contribution in [0.5, 0.6) is 0 Å². The number of piperazine rings is 1. The topological polar surface area (TPSA) is 15.7 Å². The van der Waals surface area contributed by atoms with Crippen molar-refractivity contribution in [1.29, 1.82) is 0 Å². The number of nitrogens with zero attached hydrogens (tertiary/aromatic N) is 2. The fraction of sp³-hybridized carbons (Fsp3) is 0.529. The SMILES string of the molecule is C=C(/C=C\C(=C/C)OC)N1CCN(C)CC1C.C=CC. The van der Waals surface area contributed by atoms with Crippen LogP contribution in [0.4, 0.5) is 0 Å². The van der Waals surface area contributed by atoms with Gasteiger partial charge in [-0.2, -0.15) is 0 Å². The van der Waals surface area contributed by atoms with E-state index in [2.05, 4.69) is 36.9 Å². The molecule has 1 heterocycles. The van der Waals surface area contributed by atoms with E-state index < -0.39 is 0 Å². The van der Waals surface area contributed by atoms with Gasteiger partial charge in [-0.05, 0) is 46.0 Å². The van der Waals surface area contributed by atoms with Gasteiger partial charge in [0.1, 0.15) is 5.76 Å². The average Bonchev–Trinajstić information content (AvgIpc) is 2.40. The Morgan fingerprint density at radius 1 is 1.25 bits per heavy atom. The molecule has 1 rings (SSSR count). The highest BCUT2D eigenvalue weighted by Gasteiger charge is 2.21. The van der Waals surface area contributed by atoms with E-state index in [4.69, 9.17) is 4.74 Å². The number of hydrogen-bond donors (Lipinski definition) is 0. The first kappa shape index (κ1) is 18.5. The molecule has 0 aromatic heterocycles. The lowest BCUT2D eigenvalue weighted by atomic mass is 10.1. The Bertz CT molecular complexity index is 358. The number of rotatable bonds is 4. The lowest BCUT2D eigenvalue weighted by Crippen LogP contribution is -2.49. The molecule has 0 spiro atoms. The van der Waals surface area contributed by atoms with E-state index in [-0.39, 0.29) is 0 Å². The van der Waals surface area contributed by atoms with Crippen molar-refractivity contribution in [2.45, 2.75) is 26.8 Å². The molecular weight excluding hydrogens is 248 g/mol. The van der Waals surface area contributed by atoms with Crippen molar-refractivity contribution in [2.24, 2.45) is 0 Å². The first-order valence-electron chi connectivity index (χ1n) is 7.09. The third kappa shape index (κ3) is 6.62. The van der Waals surface area contributed by atoms with Gasteiger partial charge in [-0.1, -0.05) is 12.7 Å². The van der Waals surface area contributed by atoms with Gasteiger partial charge >= 0.3 is 0 Å². The van der Waals surface area contributed by atoms with Gasteiger partial charge in [0.15, 0.2) is 0 Å². The zero-order valence-corrected chi connectivity index (χ0v) is 13.7. The van der Waals surface area contributed by atoms with Crippen molar-refractivity contribution < 1.29 is 4.74 Å². The second-order valence-electron chi connectivity index (χ2n) is 4.93. The van der Waals surface area contributed by atoms with Crippen LogP contribution < -0.4 is 0 Å². The fourth-order valence-corrected chi connectivity index (χ4v) is 2.12. The summed E-state index contributed by atoms with van der Waals surface area (Å²) in [6, 6.07) is 0.516. The molecule has 1 fully saturated rings. The Labute approximate surface area is 124 Å². The van der Waals surface area contributed by atoms with Crippen LogP contribution in [0.15, 0.2) is 48.9 Å². The molecule has 1 aliphatic heterocycles. The molecule has 0 radical (unpaired) electrons. The quantitative estimate of drug-likeness (QED) is 0.445. The number of hydrogen-bond acceptors (Lipinski definition) is 3. The number of ether oxygens (including phenoxy) is 1. The van der Waals surface area contributed by atoms with E-state index in [1.165, 1.54) is 0 Å². The molecule has 0 amide bonds. The molecule has 1 saturated heterocycles. The lowest BCUT2D eigenvalue weighted by molar-refractivity contribution is 0.136. The average molecular weight is 278 g/mol. The summed E-state index contributed by atoms with van der Waals surface area (Å²) in [5.74, 6) is 0.868. The molecule has 3 heteroatoms. The monoisotopic (exact) mass is 278 g/mol. The normalized spacial score (nSPS) is 20.4. The molecule has 1 unspecified atom stereocenters. The maximum absolute atomic E-state index is 5.19. The van der Waals surface area contributed by atoms with Crippen molar-refractivity contribution in [3.63, 3.8) is 0 Å². The third-order valence-electron chi connectivity index (χ3n) is 3.16. The third-order valence-corrected chi connectivity index (χ3v) is 3.16. The summed E-state index contributed by atoms with van der Waals surface area (Å²) in [4.78, 5) is 4.70. The van der Waals surface area contributed by atoms with Gasteiger partial charge in [0.2, 0.25) is 0 Å². The Hall–Kier alpha value is -1.48. The highest BCUT2D eigenvalue weighted by molar-refractivity contribution is 5.22. The minimum absolute atomic E-state index is 0.516. The second kappa shape index (κ2) is 10.3.